The minimum Gasteiger partial charge on any atom is -0.354 e. The highest BCUT2D eigenvalue weighted by Crippen LogP contribution is 2.31. The van der Waals surface area contributed by atoms with Crippen LogP contribution in [-0.4, -0.2) is 25.6 Å². The lowest BCUT2D eigenvalue weighted by molar-refractivity contribution is -0.121. The van der Waals surface area contributed by atoms with Crippen molar-refractivity contribution in [2.24, 2.45) is 0 Å². The zero-order valence-electron chi connectivity index (χ0n) is 18.9. The van der Waals surface area contributed by atoms with Crippen LogP contribution in [0.1, 0.15) is 30.5 Å². The number of rotatable bonds is 8. The number of halogens is 1. The second-order valence-corrected chi connectivity index (χ2v) is 10.0. The van der Waals surface area contributed by atoms with Gasteiger partial charge in [-0.05, 0) is 66.4 Å². The molecule has 0 spiro atoms. The van der Waals surface area contributed by atoms with Crippen molar-refractivity contribution in [2.75, 3.05) is 11.0 Å². The predicted molar refractivity (Wildman–Crippen MR) is 133 cm³/mol. The van der Waals surface area contributed by atoms with Crippen molar-refractivity contribution in [3.05, 3.63) is 89.7 Å². The van der Waals surface area contributed by atoms with E-state index in [1.54, 1.807) is 36.4 Å². The number of amides is 1. The summed E-state index contributed by atoms with van der Waals surface area (Å²) in [5.74, 6) is -0.461. The third-order valence-corrected chi connectivity index (χ3v) is 6.24. The summed E-state index contributed by atoms with van der Waals surface area (Å²) in [7, 11) is -3.45. The first-order chi connectivity index (χ1) is 16.2. The Labute approximate surface area is 198 Å². The van der Waals surface area contributed by atoms with Crippen molar-refractivity contribution in [1.82, 2.24) is 10.3 Å². The Hall–Kier alpha value is -3.65. The van der Waals surface area contributed by atoms with Gasteiger partial charge in [-0.1, -0.05) is 36.4 Å². The number of fused-ring (bicyclic) bond motifs is 1. The highest BCUT2D eigenvalue weighted by molar-refractivity contribution is 7.92. The first kappa shape index (κ1) is 23.5. The fourth-order valence-corrected chi connectivity index (χ4v) is 4.71. The van der Waals surface area contributed by atoms with Crippen molar-refractivity contribution in [3.63, 3.8) is 0 Å². The number of aromatic amines is 1. The number of nitrogens with one attached hydrogen (secondary N) is 3. The van der Waals surface area contributed by atoms with Gasteiger partial charge in [0.15, 0.2) is 0 Å². The smallest absolute Gasteiger partial charge is 0.229 e. The molecule has 1 aromatic heterocycles. The Balaban J connectivity index is 1.52. The molecule has 1 amide bonds. The van der Waals surface area contributed by atoms with Crippen molar-refractivity contribution < 1.29 is 17.6 Å². The maximum absolute atomic E-state index is 13.4. The van der Waals surface area contributed by atoms with Gasteiger partial charge in [0, 0.05) is 23.0 Å². The first-order valence-corrected chi connectivity index (χ1v) is 12.8. The van der Waals surface area contributed by atoms with Crippen LogP contribution in [-0.2, 0) is 21.2 Å². The molecule has 0 aliphatic carbocycles. The van der Waals surface area contributed by atoms with Gasteiger partial charge in [-0.15, -0.1) is 0 Å². The van der Waals surface area contributed by atoms with E-state index in [2.05, 4.69) is 15.0 Å². The van der Waals surface area contributed by atoms with Crippen LogP contribution in [0.15, 0.2) is 72.8 Å². The van der Waals surface area contributed by atoms with Gasteiger partial charge in [0.05, 0.1) is 18.0 Å². The van der Waals surface area contributed by atoms with E-state index in [9.17, 15) is 17.6 Å². The lowest BCUT2D eigenvalue weighted by Gasteiger charge is -2.18. The van der Waals surface area contributed by atoms with E-state index < -0.39 is 16.1 Å². The molecule has 1 atom stereocenters. The molecule has 0 aliphatic heterocycles. The van der Waals surface area contributed by atoms with Gasteiger partial charge in [-0.25, -0.2) is 12.8 Å². The molecular weight excluding hydrogens is 453 g/mol. The molecule has 0 radical (unpaired) electrons. The van der Waals surface area contributed by atoms with Crippen LogP contribution in [0, 0.1) is 5.82 Å². The normalized spacial score (nSPS) is 12.4. The van der Waals surface area contributed by atoms with Crippen LogP contribution in [0.3, 0.4) is 0 Å². The van der Waals surface area contributed by atoms with E-state index in [0.29, 0.717) is 17.7 Å². The van der Waals surface area contributed by atoms with Crippen molar-refractivity contribution in [2.45, 2.75) is 25.8 Å². The van der Waals surface area contributed by atoms with Crippen molar-refractivity contribution in [1.29, 1.82) is 0 Å². The summed E-state index contributed by atoms with van der Waals surface area (Å²) in [5.41, 5.74) is 4.77. The lowest BCUT2D eigenvalue weighted by atomic mass is 10.0. The van der Waals surface area contributed by atoms with E-state index in [-0.39, 0.29) is 18.1 Å². The van der Waals surface area contributed by atoms with E-state index in [4.69, 9.17) is 0 Å². The largest absolute Gasteiger partial charge is 0.354 e. The summed E-state index contributed by atoms with van der Waals surface area (Å²) in [6, 6.07) is 20.7. The monoisotopic (exact) mass is 479 g/mol. The molecule has 4 rings (SSSR count). The van der Waals surface area contributed by atoms with Gasteiger partial charge < -0.3 is 10.3 Å². The van der Waals surface area contributed by atoms with Gasteiger partial charge in [0.25, 0.3) is 0 Å². The number of hydrogen-bond acceptors (Lipinski definition) is 3. The highest BCUT2D eigenvalue weighted by Gasteiger charge is 2.18. The van der Waals surface area contributed by atoms with Crippen LogP contribution in [0.2, 0.25) is 0 Å². The Morgan fingerprint density at radius 3 is 2.41 bits per heavy atom. The molecule has 0 aliphatic rings. The second kappa shape index (κ2) is 9.69. The van der Waals surface area contributed by atoms with E-state index in [1.807, 2.05) is 31.2 Å². The fraction of sp³-hybridized carbons (Fsp3) is 0.192. The number of aryl methyl sites for hydroxylation is 1. The number of para-hydroxylation sites is 2. The zero-order chi connectivity index (χ0) is 24.3. The molecule has 1 heterocycles. The third-order valence-electron chi connectivity index (χ3n) is 5.65. The maximum atomic E-state index is 13.4. The molecule has 4 aromatic rings. The molecule has 3 aromatic carbocycles. The molecule has 176 valence electrons. The average molecular weight is 480 g/mol. The number of carbonyl (C=O) groups is 1. The Bertz CT molecular complexity index is 1430. The third kappa shape index (κ3) is 5.46. The SMILES string of the molecule is CC(NC(=O)CCc1c(-c2ccc(F)cc2)[nH]c2ccccc12)c1ccccc1NS(C)(=O)=O. The Morgan fingerprint density at radius 1 is 1.00 bits per heavy atom. The standard InChI is InChI=1S/C26H26FN3O3S/c1-17(20-7-3-6-10-24(20)30-34(2,32)33)28-25(31)16-15-22-21-8-4-5-9-23(21)29-26(22)18-11-13-19(27)14-12-18/h3-14,17,29-30H,15-16H2,1-2H3,(H,28,31). The van der Waals surface area contributed by atoms with Gasteiger partial charge >= 0.3 is 0 Å². The van der Waals surface area contributed by atoms with Crippen molar-refractivity contribution >= 4 is 32.5 Å². The predicted octanol–water partition coefficient (Wildman–Crippen LogP) is 5.16. The molecule has 6 nitrogen and oxygen atoms in total. The van der Waals surface area contributed by atoms with Gasteiger partial charge in [0.1, 0.15) is 5.82 Å². The minimum absolute atomic E-state index is 0.156. The van der Waals surface area contributed by atoms with E-state index in [0.717, 1.165) is 34.0 Å². The fourth-order valence-electron chi connectivity index (χ4n) is 4.12. The molecule has 8 heteroatoms. The first-order valence-electron chi connectivity index (χ1n) is 10.9. The number of benzene rings is 3. The molecule has 1 unspecified atom stereocenters. The van der Waals surface area contributed by atoms with Crippen LogP contribution in [0.4, 0.5) is 10.1 Å². The molecule has 3 N–H and O–H groups in total. The summed E-state index contributed by atoms with van der Waals surface area (Å²) in [6.45, 7) is 1.82. The minimum atomic E-state index is -3.45. The van der Waals surface area contributed by atoms with Crippen LogP contribution in [0.5, 0.6) is 0 Å². The number of aromatic nitrogens is 1. The number of H-pyrrole nitrogens is 1. The van der Waals surface area contributed by atoms with Gasteiger partial charge in [-0.3, -0.25) is 9.52 Å². The summed E-state index contributed by atoms with van der Waals surface area (Å²) in [5, 5.41) is 3.98. The van der Waals surface area contributed by atoms with Gasteiger partial charge in [0.2, 0.25) is 15.9 Å². The van der Waals surface area contributed by atoms with Crippen molar-refractivity contribution in [3.8, 4) is 11.3 Å². The second-order valence-electron chi connectivity index (χ2n) is 8.28. The van der Waals surface area contributed by atoms with Crippen LogP contribution >= 0.6 is 0 Å². The highest BCUT2D eigenvalue weighted by atomic mass is 32.2. The summed E-state index contributed by atoms with van der Waals surface area (Å²) >= 11 is 0. The average Bonchev–Trinajstić information content (AvgIpc) is 3.16. The topological polar surface area (TPSA) is 91.1 Å². The number of sulfonamides is 1. The maximum Gasteiger partial charge on any atom is 0.229 e. The van der Waals surface area contributed by atoms with E-state index >= 15 is 0 Å². The quantitative estimate of drug-likeness (QED) is 0.326. The number of hydrogen-bond donors (Lipinski definition) is 3. The van der Waals surface area contributed by atoms with Gasteiger partial charge in [-0.2, -0.15) is 0 Å². The van der Waals surface area contributed by atoms with E-state index in [1.165, 1.54) is 12.1 Å². The van der Waals surface area contributed by atoms with Crippen LogP contribution in [0.25, 0.3) is 22.2 Å². The Kier molecular flexibility index (Phi) is 6.70. The lowest BCUT2D eigenvalue weighted by Crippen LogP contribution is -2.27. The molecule has 0 saturated heterocycles. The molecular formula is C26H26FN3O3S. The zero-order valence-corrected chi connectivity index (χ0v) is 19.7. The summed E-state index contributed by atoms with van der Waals surface area (Å²) in [6.07, 6.45) is 1.81. The van der Waals surface area contributed by atoms with Crippen LogP contribution < -0.4 is 10.0 Å². The Morgan fingerprint density at radius 2 is 1.68 bits per heavy atom. The summed E-state index contributed by atoms with van der Waals surface area (Å²) in [4.78, 5) is 16.2. The summed E-state index contributed by atoms with van der Waals surface area (Å²) < 4.78 is 39.3. The molecule has 34 heavy (non-hydrogen) atoms. The number of anilines is 1. The molecule has 0 bridgehead atoms. The molecule has 0 saturated carbocycles. The number of carbonyl (C=O) groups excluding carboxylic acids is 1. The molecule has 0 fully saturated rings.